The number of rotatable bonds is 5. The molecule has 1 unspecified atom stereocenters. The van der Waals surface area contributed by atoms with Crippen LogP contribution in [0, 0.1) is 5.82 Å². The van der Waals surface area contributed by atoms with Gasteiger partial charge in [-0.25, -0.2) is 4.39 Å². The Hall–Kier alpha value is -2.47. The highest BCUT2D eigenvalue weighted by Crippen LogP contribution is 2.20. The normalized spacial score (nSPS) is 11.7. The lowest BCUT2D eigenvalue weighted by Gasteiger charge is -2.11. The summed E-state index contributed by atoms with van der Waals surface area (Å²) in [6.45, 7) is 3.85. The van der Waals surface area contributed by atoms with Gasteiger partial charge in [0.25, 0.3) is 11.8 Å². The summed E-state index contributed by atoms with van der Waals surface area (Å²) in [6.07, 6.45) is 3.54. The summed E-state index contributed by atoms with van der Waals surface area (Å²) in [5.74, 6) is -1.33. The fourth-order valence-corrected chi connectivity index (χ4v) is 2.06. The second kappa shape index (κ2) is 7.88. The summed E-state index contributed by atoms with van der Waals surface area (Å²) in [4.78, 5) is 28.3. The number of carbonyl (C=O) groups excluding carboxylic acids is 2. The van der Waals surface area contributed by atoms with Crippen molar-refractivity contribution in [1.29, 1.82) is 0 Å². The number of carbonyl (C=O) groups is 2. The molecule has 0 radical (unpaired) electrons. The average molecular weight is 350 g/mol. The molecule has 1 heterocycles. The van der Waals surface area contributed by atoms with Gasteiger partial charge in [-0.2, -0.15) is 0 Å². The van der Waals surface area contributed by atoms with E-state index in [2.05, 4.69) is 15.6 Å². The largest absolute Gasteiger partial charge is 0.350 e. The highest BCUT2D eigenvalue weighted by atomic mass is 35.5. The third-order valence-electron chi connectivity index (χ3n) is 3.43. The first-order chi connectivity index (χ1) is 11.4. The Kier molecular flexibility index (Phi) is 5.87. The van der Waals surface area contributed by atoms with E-state index in [9.17, 15) is 14.0 Å². The van der Waals surface area contributed by atoms with Gasteiger partial charge in [-0.05, 0) is 37.6 Å². The number of aromatic nitrogens is 1. The molecular weight excluding hydrogens is 333 g/mol. The van der Waals surface area contributed by atoms with Crippen LogP contribution in [0.2, 0.25) is 5.02 Å². The lowest BCUT2D eigenvalue weighted by molar-refractivity contribution is 0.0939. The molecule has 2 N–H and O–H groups in total. The highest BCUT2D eigenvalue weighted by molar-refractivity contribution is 6.31. The minimum atomic E-state index is -0.569. The second-order valence-electron chi connectivity index (χ2n) is 5.33. The summed E-state index contributed by atoms with van der Waals surface area (Å²) in [6, 6.07) is 5.34. The first kappa shape index (κ1) is 17.9. The Labute approximate surface area is 144 Å². The summed E-state index contributed by atoms with van der Waals surface area (Å²) < 4.78 is 13.1. The van der Waals surface area contributed by atoms with E-state index in [-0.39, 0.29) is 22.5 Å². The molecule has 0 aliphatic carbocycles. The molecule has 2 amide bonds. The highest BCUT2D eigenvalue weighted by Gasteiger charge is 2.13. The van der Waals surface area contributed by atoms with Gasteiger partial charge < -0.3 is 10.6 Å². The number of benzene rings is 1. The number of amides is 2. The number of anilines is 1. The number of halogens is 2. The fourth-order valence-electron chi connectivity index (χ4n) is 1.87. The van der Waals surface area contributed by atoms with E-state index in [0.717, 1.165) is 12.5 Å². The molecule has 7 heteroatoms. The van der Waals surface area contributed by atoms with E-state index in [1.54, 1.807) is 0 Å². The summed E-state index contributed by atoms with van der Waals surface area (Å²) in [5, 5.41) is 5.30. The molecule has 0 bridgehead atoms. The zero-order valence-electron chi connectivity index (χ0n) is 13.3. The monoisotopic (exact) mass is 349 g/mol. The summed E-state index contributed by atoms with van der Waals surface area (Å²) in [5.41, 5.74) is 0.855. The van der Waals surface area contributed by atoms with Gasteiger partial charge in [0.2, 0.25) is 0 Å². The zero-order chi connectivity index (χ0) is 17.7. The van der Waals surface area contributed by atoms with Crippen molar-refractivity contribution >= 4 is 29.1 Å². The van der Waals surface area contributed by atoms with Gasteiger partial charge in [0, 0.05) is 24.1 Å². The quantitative estimate of drug-likeness (QED) is 0.865. The van der Waals surface area contributed by atoms with Crippen LogP contribution < -0.4 is 10.6 Å². The van der Waals surface area contributed by atoms with E-state index >= 15 is 0 Å². The molecule has 0 spiro atoms. The maximum Gasteiger partial charge on any atom is 0.257 e. The van der Waals surface area contributed by atoms with Crippen LogP contribution in [0.4, 0.5) is 10.1 Å². The first-order valence-corrected chi connectivity index (χ1v) is 7.80. The van der Waals surface area contributed by atoms with E-state index in [4.69, 9.17) is 11.6 Å². The van der Waals surface area contributed by atoms with Crippen LogP contribution in [0.1, 0.15) is 41.0 Å². The number of hydrogen-bond acceptors (Lipinski definition) is 3. The second-order valence-corrected chi connectivity index (χ2v) is 5.74. The third kappa shape index (κ3) is 4.52. The molecule has 0 fully saturated rings. The minimum absolute atomic E-state index is 0.0244. The van der Waals surface area contributed by atoms with Crippen molar-refractivity contribution in [2.24, 2.45) is 0 Å². The van der Waals surface area contributed by atoms with E-state index in [1.807, 2.05) is 13.8 Å². The Morgan fingerprint density at radius 1 is 1.21 bits per heavy atom. The van der Waals surface area contributed by atoms with E-state index in [0.29, 0.717) is 11.3 Å². The molecule has 0 saturated carbocycles. The molecule has 1 atom stereocenters. The van der Waals surface area contributed by atoms with Crippen molar-refractivity contribution in [3.63, 3.8) is 0 Å². The summed E-state index contributed by atoms with van der Waals surface area (Å²) in [7, 11) is 0. The van der Waals surface area contributed by atoms with Crippen LogP contribution in [0.25, 0.3) is 0 Å². The predicted molar refractivity (Wildman–Crippen MR) is 90.8 cm³/mol. The molecule has 126 valence electrons. The maximum absolute atomic E-state index is 13.1. The van der Waals surface area contributed by atoms with Crippen molar-refractivity contribution in [3.05, 3.63) is 58.6 Å². The van der Waals surface area contributed by atoms with Crippen LogP contribution >= 0.6 is 11.6 Å². The molecular formula is C17H17ClFN3O2. The van der Waals surface area contributed by atoms with Crippen molar-refractivity contribution < 1.29 is 14.0 Å². The fraction of sp³-hybridized carbons (Fsp3) is 0.235. The van der Waals surface area contributed by atoms with Gasteiger partial charge >= 0.3 is 0 Å². The van der Waals surface area contributed by atoms with E-state index in [1.165, 1.54) is 30.6 Å². The lowest BCUT2D eigenvalue weighted by Crippen LogP contribution is -2.32. The standard InChI is InChI=1S/C17H17ClFN3O2/c1-3-10(2)21-16(23)11-6-12(9-20-8-11)17(24)22-13-4-5-15(19)14(18)7-13/h4-10H,3H2,1-2H3,(H,21,23)(H,22,24). The smallest absolute Gasteiger partial charge is 0.257 e. The van der Waals surface area contributed by atoms with Crippen molar-refractivity contribution in [1.82, 2.24) is 10.3 Å². The van der Waals surface area contributed by atoms with E-state index < -0.39 is 11.7 Å². The average Bonchev–Trinajstić information content (AvgIpc) is 2.58. The Bertz CT molecular complexity index is 767. The summed E-state index contributed by atoms with van der Waals surface area (Å²) >= 11 is 5.68. The van der Waals surface area contributed by atoms with Crippen molar-refractivity contribution in [2.75, 3.05) is 5.32 Å². The molecule has 1 aromatic carbocycles. The van der Waals surface area contributed by atoms with Crippen LogP contribution in [-0.4, -0.2) is 22.8 Å². The van der Waals surface area contributed by atoms with Crippen LogP contribution in [0.5, 0.6) is 0 Å². The Balaban J connectivity index is 2.13. The Morgan fingerprint density at radius 3 is 2.50 bits per heavy atom. The molecule has 0 saturated heterocycles. The van der Waals surface area contributed by atoms with Gasteiger partial charge in [0.1, 0.15) is 5.82 Å². The first-order valence-electron chi connectivity index (χ1n) is 7.43. The Morgan fingerprint density at radius 2 is 1.88 bits per heavy atom. The number of nitrogens with zero attached hydrogens (tertiary/aromatic N) is 1. The van der Waals surface area contributed by atoms with Crippen LogP contribution in [0.15, 0.2) is 36.7 Å². The van der Waals surface area contributed by atoms with Crippen LogP contribution in [-0.2, 0) is 0 Å². The van der Waals surface area contributed by atoms with Gasteiger partial charge in [-0.15, -0.1) is 0 Å². The molecule has 5 nitrogen and oxygen atoms in total. The number of nitrogens with one attached hydrogen (secondary N) is 2. The minimum Gasteiger partial charge on any atom is -0.350 e. The topological polar surface area (TPSA) is 71.1 Å². The molecule has 0 aliphatic rings. The number of hydrogen-bond donors (Lipinski definition) is 2. The van der Waals surface area contributed by atoms with Gasteiger partial charge in [-0.1, -0.05) is 18.5 Å². The van der Waals surface area contributed by atoms with Gasteiger partial charge in [0.05, 0.1) is 16.1 Å². The van der Waals surface area contributed by atoms with Gasteiger partial charge in [-0.3, -0.25) is 14.6 Å². The lowest BCUT2D eigenvalue weighted by atomic mass is 10.1. The number of pyridine rings is 1. The molecule has 2 aromatic rings. The SMILES string of the molecule is CCC(C)NC(=O)c1cncc(C(=O)Nc2ccc(F)c(Cl)c2)c1. The van der Waals surface area contributed by atoms with Gasteiger partial charge in [0.15, 0.2) is 0 Å². The van der Waals surface area contributed by atoms with Crippen molar-refractivity contribution in [2.45, 2.75) is 26.3 Å². The van der Waals surface area contributed by atoms with Crippen LogP contribution in [0.3, 0.4) is 0 Å². The molecule has 24 heavy (non-hydrogen) atoms. The maximum atomic E-state index is 13.1. The third-order valence-corrected chi connectivity index (χ3v) is 3.72. The van der Waals surface area contributed by atoms with Crippen molar-refractivity contribution in [3.8, 4) is 0 Å². The zero-order valence-corrected chi connectivity index (χ0v) is 14.0. The molecule has 2 rings (SSSR count). The predicted octanol–water partition coefficient (Wildman–Crippen LogP) is 3.65. The molecule has 1 aromatic heterocycles. The molecule has 0 aliphatic heterocycles.